The minimum absolute atomic E-state index is 0. The molecule has 18 heavy (non-hydrogen) atoms. The van der Waals surface area contributed by atoms with Gasteiger partial charge in [0, 0.05) is 6.54 Å². The average Bonchev–Trinajstić information content (AvgIpc) is 2.28. The van der Waals surface area contributed by atoms with E-state index in [0.717, 1.165) is 5.56 Å². The summed E-state index contributed by atoms with van der Waals surface area (Å²) in [6.07, 6.45) is 0. The topological polar surface area (TPSA) is 50.4 Å². The quantitative estimate of drug-likeness (QED) is 0.831. The van der Waals surface area contributed by atoms with E-state index < -0.39 is 6.61 Å². The van der Waals surface area contributed by atoms with Crippen molar-refractivity contribution in [2.45, 2.75) is 13.2 Å². The third-order valence-electron chi connectivity index (χ3n) is 1.98. The predicted molar refractivity (Wildman–Crippen MR) is 66.1 cm³/mol. The molecule has 0 aromatic heterocycles. The number of benzene rings is 1. The molecule has 0 spiro atoms. The van der Waals surface area contributed by atoms with Crippen LogP contribution in [0.4, 0.5) is 8.78 Å². The molecule has 1 aromatic carbocycles. The zero-order valence-corrected chi connectivity index (χ0v) is 10.6. The van der Waals surface area contributed by atoms with E-state index in [2.05, 4.69) is 15.4 Å². The van der Waals surface area contributed by atoms with Crippen molar-refractivity contribution in [3.05, 3.63) is 29.8 Å². The van der Waals surface area contributed by atoms with Gasteiger partial charge in [-0.15, -0.1) is 12.4 Å². The Morgan fingerprint density at radius 3 is 2.44 bits per heavy atom. The first-order chi connectivity index (χ1) is 8.11. The molecule has 0 bridgehead atoms. The van der Waals surface area contributed by atoms with Crippen LogP contribution < -0.4 is 15.4 Å². The van der Waals surface area contributed by atoms with Crippen molar-refractivity contribution >= 4 is 18.3 Å². The van der Waals surface area contributed by atoms with Crippen LogP contribution in [-0.4, -0.2) is 26.1 Å². The zero-order chi connectivity index (χ0) is 12.7. The largest absolute Gasteiger partial charge is 0.435 e. The summed E-state index contributed by atoms with van der Waals surface area (Å²) in [6, 6.07) is 6.12. The SMILES string of the molecule is CNCC(=O)NCc1ccc(OC(F)F)cc1.Cl. The van der Waals surface area contributed by atoms with Gasteiger partial charge in [-0.1, -0.05) is 12.1 Å². The summed E-state index contributed by atoms with van der Waals surface area (Å²) in [5.74, 6) is -0.0225. The molecule has 0 radical (unpaired) electrons. The molecule has 7 heteroatoms. The van der Waals surface area contributed by atoms with Crippen LogP contribution in [0.3, 0.4) is 0 Å². The number of hydrogen-bond acceptors (Lipinski definition) is 3. The summed E-state index contributed by atoms with van der Waals surface area (Å²) in [6.45, 7) is -2.22. The van der Waals surface area contributed by atoms with Gasteiger partial charge >= 0.3 is 6.61 Å². The molecule has 1 amide bonds. The van der Waals surface area contributed by atoms with Crippen LogP contribution in [0, 0.1) is 0 Å². The van der Waals surface area contributed by atoms with Gasteiger partial charge < -0.3 is 15.4 Å². The zero-order valence-electron chi connectivity index (χ0n) is 9.78. The number of ether oxygens (including phenoxy) is 1. The maximum Gasteiger partial charge on any atom is 0.387 e. The Kier molecular flexibility index (Phi) is 7.98. The van der Waals surface area contributed by atoms with E-state index in [-0.39, 0.29) is 30.6 Å². The molecule has 0 saturated carbocycles. The summed E-state index contributed by atoms with van der Waals surface area (Å²) in [5, 5.41) is 5.39. The van der Waals surface area contributed by atoms with E-state index in [9.17, 15) is 13.6 Å². The smallest absolute Gasteiger partial charge is 0.387 e. The number of carbonyl (C=O) groups excluding carboxylic acids is 1. The number of alkyl halides is 2. The second-order valence-corrected chi connectivity index (χ2v) is 3.33. The molecule has 0 aliphatic heterocycles. The van der Waals surface area contributed by atoms with Crippen LogP contribution in [0.15, 0.2) is 24.3 Å². The first-order valence-electron chi connectivity index (χ1n) is 5.07. The molecule has 0 aliphatic carbocycles. The summed E-state index contributed by atoms with van der Waals surface area (Å²) in [7, 11) is 1.68. The molecule has 0 saturated heterocycles. The van der Waals surface area contributed by atoms with Gasteiger partial charge in [0.05, 0.1) is 6.54 Å². The van der Waals surface area contributed by atoms with Crippen molar-refractivity contribution in [3.8, 4) is 5.75 Å². The van der Waals surface area contributed by atoms with Crippen molar-refractivity contribution in [1.82, 2.24) is 10.6 Å². The van der Waals surface area contributed by atoms with Gasteiger partial charge in [0.1, 0.15) is 5.75 Å². The molecular weight excluding hydrogens is 266 g/mol. The number of likely N-dealkylation sites (N-methyl/N-ethyl adjacent to an activating group) is 1. The van der Waals surface area contributed by atoms with Crippen molar-refractivity contribution in [2.75, 3.05) is 13.6 Å². The summed E-state index contributed by atoms with van der Waals surface area (Å²) >= 11 is 0. The van der Waals surface area contributed by atoms with Crippen molar-refractivity contribution < 1.29 is 18.3 Å². The third-order valence-corrected chi connectivity index (χ3v) is 1.98. The van der Waals surface area contributed by atoms with Crippen LogP contribution in [0.1, 0.15) is 5.56 Å². The summed E-state index contributed by atoms with van der Waals surface area (Å²) < 4.78 is 27.9. The van der Waals surface area contributed by atoms with Crippen LogP contribution in [0.25, 0.3) is 0 Å². The molecule has 0 fully saturated rings. The number of nitrogens with one attached hydrogen (secondary N) is 2. The number of carbonyl (C=O) groups is 1. The lowest BCUT2D eigenvalue weighted by atomic mass is 10.2. The maximum atomic E-state index is 11.9. The van der Waals surface area contributed by atoms with Crippen LogP contribution >= 0.6 is 12.4 Å². The summed E-state index contributed by atoms with van der Waals surface area (Å²) in [4.78, 5) is 11.1. The lowest BCUT2D eigenvalue weighted by Crippen LogP contribution is -2.31. The molecule has 1 aromatic rings. The second kappa shape index (κ2) is 8.66. The van der Waals surface area contributed by atoms with Gasteiger partial charge in [0.15, 0.2) is 0 Å². The molecule has 102 valence electrons. The number of halogens is 3. The molecule has 0 unspecified atom stereocenters. The highest BCUT2D eigenvalue weighted by Crippen LogP contribution is 2.14. The standard InChI is InChI=1S/C11H14F2N2O2.ClH/c1-14-7-10(16)15-6-8-2-4-9(5-3-8)17-11(12)13;/h2-5,11,14H,6-7H2,1H3,(H,15,16);1H. The molecule has 0 heterocycles. The average molecular weight is 281 g/mol. The lowest BCUT2D eigenvalue weighted by Gasteiger charge is -2.07. The fourth-order valence-corrected chi connectivity index (χ4v) is 1.21. The van der Waals surface area contributed by atoms with Gasteiger partial charge in [-0.25, -0.2) is 0 Å². The Hall–Kier alpha value is -1.40. The second-order valence-electron chi connectivity index (χ2n) is 3.33. The lowest BCUT2D eigenvalue weighted by molar-refractivity contribution is -0.120. The Morgan fingerprint density at radius 2 is 1.94 bits per heavy atom. The van der Waals surface area contributed by atoms with Gasteiger partial charge in [-0.3, -0.25) is 4.79 Å². The monoisotopic (exact) mass is 280 g/mol. The molecule has 1 rings (SSSR count). The minimum Gasteiger partial charge on any atom is -0.435 e. The third kappa shape index (κ3) is 6.36. The number of amides is 1. The van der Waals surface area contributed by atoms with Crippen molar-refractivity contribution in [1.29, 1.82) is 0 Å². The normalized spacial score (nSPS) is 9.78. The highest BCUT2D eigenvalue weighted by atomic mass is 35.5. The molecular formula is C11H15ClF2N2O2. The van der Waals surface area contributed by atoms with E-state index in [0.29, 0.717) is 6.54 Å². The van der Waals surface area contributed by atoms with Crippen LogP contribution in [0.5, 0.6) is 5.75 Å². The fourth-order valence-electron chi connectivity index (χ4n) is 1.21. The molecule has 2 N–H and O–H groups in total. The van der Waals surface area contributed by atoms with Gasteiger partial charge in [-0.05, 0) is 24.7 Å². The molecule has 4 nitrogen and oxygen atoms in total. The Bertz CT molecular complexity index is 361. The van der Waals surface area contributed by atoms with E-state index in [4.69, 9.17) is 0 Å². The van der Waals surface area contributed by atoms with Gasteiger partial charge in [-0.2, -0.15) is 8.78 Å². The van der Waals surface area contributed by atoms with Crippen LogP contribution in [-0.2, 0) is 11.3 Å². The Labute approximate surface area is 110 Å². The van der Waals surface area contributed by atoms with E-state index >= 15 is 0 Å². The highest BCUT2D eigenvalue weighted by Gasteiger charge is 2.04. The molecule has 0 atom stereocenters. The van der Waals surface area contributed by atoms with Crippen molar-refractivity contribution in [3.63, 3.8) is 0 Å². The van der Waals surface area contributed by atoms with E-state index in [1.807, 2.05) is 0 Å². The fraction of sp³-hybridized carbons (Fsp3) is 0.364. The minimum atomic E-state index is -2.82. The predicted octanol–water partition coefficient (Wildman–Crippen LogP) is 1.55. The van der Waals surface area contributed by atoms with E-state index in [1.165, 1.54) is 12.1 Å². The highest BCUT2D eigenvalue weighted by molar-refractivity contribution is 5.85. The number of rotatable bonds is 6. The Morgan fingerprint density at radius 1 is 1.33 bits per heavy atom. The maximum absolute atomic E-state index is 11.9. The Balaban J connectivity index is 0.00000289. The first kappa shape index (κ1) is 16.6. The van der Waals surface area contributed by atoms with E-state index in [1.54, 1.807) is 19.2 Å². The number of hydrogen-bond donors (Lipinski definition) is 2. The van der Waals surface area contributed by atoms with Crippen LogP contribution in [0.2, 0.25) is 0 Å². The van der Waals surface area contributed by atoms with Gasteiger partial charge in [0.25, 0.3) is 0 Å². The van der Waals surface area contributed by atoms with Gasteiger partial charge in [0.2, 0.25) is 5.91 Å². The summed E-state index contributed by atoms with van der Waals surface area (Å²) in [5.41, 5.74) is 0.816. The van der Waals surface area contributed by atoms with Crippen molar-refractivity contribution in [2.24, 2.45) is 0 Å². The molecule has 0 aliphatic rings. The first-order valence-corrected chi connectivity index (χ1v) is 5.07.